The minimum absolute atomic E-state index is 0.322. The summed E-state index contributed by atoms with van der Waals surface area (Å²) in [6.07, 6.45) is 6.43. The lowest BCUT2D eigenvalue weighted by molar-refractivity contribution is 0.106. The number of ether oxygens (including phenoxy) is 1. The van der Waals surface area contributed by atoms with E-state index < -0.39 is 6.10 Å². The molecule has 3 N–H and O–H groups in total. The van der Waals surface area contributed by atoms with E-state index in [1.54, 1.807) is 0 Å². The average Bonchev–Trinajstić information content (AvgIpc) is 2.76. The van der Waals surface area contributed by atoms with Gasteiger partial charge in [-0.15, -0.1) is 0 Å². The standard InChI is InChI=1S/C25H38N2O2/c1-2-3-17-27-20-24(28)21-29-25-14-12-23(13-15-25)16-19-26-18-8-7-11-22-9-5-4-6-10-22/h4-6,9-10,12-15,24,26-28H,2-3,7-8,11,16-21H2,1H3. The summed E-state index contributed by atoms with van der Waals surface area (Å²) in [5, 5.41) is 16.7. The van der Waals surface area contributed by atoms with Crippen molar-refractivity contribution in [2.75, 3.05) is 32.8 Å². The summed E-state index contributed by atoms with van der Waals surface area (Å²) in [4.78, 5) is 0. The molecular formula is C25H38N2O2. The van der Waals surface area contributed by atoms with Gasteiger partial charge in [-0.25, -0.2) is 0 Å². The molecule has 1 unspecified atom stereocenters. The Kier molecular flexibility index (Phi) is 12.1. The van der Waals surface area contributed by atoms with E-state index in [1.165, 1.54) is 24.0 Å². The van der Waals surface area contributed by atoms with E-state index in [0.29, 0.717) is 13.2 Å². The fourth-order valence-electron chi connectivity index (χ4n) is 3.16. The maximum absolute atomic E-state index is 9.94. The number of hydrogen-bond donors (Lipinski definition) is 3. The van der Waals surface area contributed by atoms with E-state index in [2.05, 4.69) is 60.0 Å². The number of aliphatic hydroxyl groups is 1. The van der Waals surface area contributed by atoms with Gasteiger partial charge in [-0.05, 0) is 75.0 Å². The van der Waals surface area contributed by atoms with E-state index in [9.17, 15) is 5.11 Å². The molecular weight excluding hydrogens is 360 g/mol. The predicted molar refractivity (Wildman–Crippen MR) is 122 cm³/mol. The molecule has 0 saturated carbocycles. The molecule has 160 valence electrons. The summed E-state index contributed by atoms with van der Waals surface area (Å²) in [5.41, 5.74) is 2.73. The van der Waals surface area contributed by atoms with Crippen molar-refractivity contribution in [2.24, 2.45) is 0 Å². The largest absolute Gasteiger partial charge is 0.491 e. The van der Waals surface area contributed by atoms with Crippen molar-refractivity contribution < 1.29 is 9.84 Å². The molecule has 0 spiro atoms. The number of hydrogen-bond acceptors (Lipinski definition) is 4. The van der Waals surface area contributed by atoms with Crippen LogP contribution in [0, 0.1) is 0 Å². The van der Waals surface area contributed by atoms with Crippen LogP contribution in [-0.4, -0.2) is 44.0 Å². The summed E-state index contributed by atoms with van der Waals surface area (Å²) < 4.78 is 5.68. The van der Waals surface area contributed by atoms with Crippen LogP contribution in [0.15, 0.2) is 54.6 Å². The highest BCUT2D eigenvalue weighted by atomic mass is 16.5. The van der Waals surface area contributed by atoms with Crippen molar-refractivity contribution in [3.05, 3.63) is 65.7 Å². The van der Waals surface area contributed by atoms with Crippen LogP contribution in [0.5, 0.6) is 5.75 Å². The number of benzene rings is 2. The number of aryl methyl sites for hydroxylation is 1. The lowest BCUT2D eigenvalue weighted by Crippen LogP contribution is -2.31. The molecule has 0 amide bonds. The molecule has 0 aliphatic carbocycles. The maximum atomic E-state index is 9.94. The van der Waals surface area contributed by atoms with Gasteiger partial charge in [-0.2, -0.15) is 0 Å². The molecule has 1 atom stereocenters. The highest BCUT2D eigenvalue weighted by Crippen LogP contribution is 2.13. The second kappa shape index (κ2) is 15.0. The van der Waals surface area contributed by atoms with Crippen LogP contribution in [0.1, 0.15) is 43.7 Å². The third-order valence-electron chi connectivity index (χ3n) is 4.96. The molecule has 0 saturated heterocycles. The SMILES string of the molecule is CCCCNCC(O)COc1ccc(CCNCCCCc2ccccc2)cc1. The highest BCUT2D eigenvalue weighted by molar-refractivity contribution is 5.27. The van der Waals surface area contributed by atoms with Gasteiger partial charge >= 0.3 is 0 Å². The minimum Gasteiger partial charge on any atom is -0.491 e. The van der Waals surface area contributed by atoms with E-state index in [4.69, 9.17) is 4.74 Å². The summed E-state index contributed by atoms with van der Waals surface area (Å²) >= 11 is 0. The minimum atomic E-state index is -0.474. The Balaban J connectivity index is 1.50. The van der Waals surface area contributed by atoms with Gasteiger partial charge in [0.05, 0.1) is 0 Å². The normalized spacial score (nSPS) is 12.1. The molecule has 4 heteroatoms. The zero-order valence-corrected chi connectivity index (χ0v) is 17.9. The number of unbranched alkanes of at least 4 members (excludes halogenated alkanes) is 2. The van der Waals surface area contributed by atoms with Gasteiger partial charge in [0, 0.05) is 6.54 Å². The molecule has 0 bridgehead atoms. The van der Waals surface area contributed by atoms with Crippen LogP contribution in [0.4, 0.5) is 0 Å². The fourth-order valence-corrected chi connectivity index (χ4v) is 3.16. The lowest BCUT2D eigenvalue weighted by Gasteiger charge is -2.13. The molecule has 29 heavy (non-hydrogen) atoms. The Morgan fingerprint density at radius 2 is 1.52 bits per heavy atom. The second-order valence-electron chi connectivity index (χ2n) is 7.61. The molecule has 0 aliphatic heterocycles. The number of nitrogens with one attached hydrogen (secondary N) is 2. The average molecular weight is 399 g/mol. The summed E-state index contributed by atoms with van der Waals surface area (Å²) in [6.45, 7) is 6.07. The summed E-state index contributed by atoms with van der Waals surface area (Å²) in [5.74, 6) is 0.815. The van der Waals surface area contributed by atoms with Crippen molar-refractivity contribution in [3.63, 3.8) is 0 Å². The Hall–Kier alpha value is -1.88. The second-order valence-corrected chi connectivity index (χ2v) is 7.61. The maximum Gasteiger partial charge on any atom is 0.119 e. The zero-order valence-electron chi connectivity index (χ0n) is 17.9. The first-order chi connectivity index (χ1) is 14.3. The first kappa shape index (κ1) is 23.4. The third kappa shape index (κ3) is 11.0. The van der Waals surface area contributed by atoms with E-state index in [-0.39, 0.29) is 0 Å². The fraction of sp³-hybridized carbons (Fsp3) is 0.520. The van der Waals surface area contributed by atoms with Crippen molar-refractivity contribution in [1.82, 2.24) is 10.6 Å². The van der Waals surface area contributed by atoms with Crippen LogP contribution in [-0.2, 0) is 12.8 Å². The first-order valence-corrected chi connectivity index (χ1v) is 11.1. The van der Waals surface area contributed by atoms with Gasteiger partial charge in [-0.3, -0.25) is 0 Å². The quantitative estimate of drug-likeness (QED) is 0.375. The van der Waals surface area contributed by atoms with Crippen LogP contribution in [0.3, 0.4) is 0 Å². The summed E-state index contributed by atoms with van der Waals surface area (Å²) in [7, 11) is 0. The zero-order chi connectivity index (χ0) is 20.6. The summed E-state index contributed by atoms with van der Waals surface area (Å²) in [6, 6.07) is 18.9. The smallest absolute Gasteiger partial charge is 0.119 e. The van der Waals surface area contributed by atoms with E-state index >= 15 is 0 Å². The first-order valence-electron chi connectivity index (χ1n) is 11.1. The molecule has 0 aromatic heterocycles. The van der Waals surface area contributed by atoms with Crippen LogP contribution in [0.25, 0.3) is 0 Å². The molecule has 4 nitrogen and oxygen atoms in total. The molecule has 2 aromatic carbocycles. The number of rotatable bonds is 16. The molecule has 2 aromatic rings. The molecule has 0 fully saturated rings. The highest BCUT2D eigenvalue weighted by Gasteiger charge is 2.05. The Morgan fingerprint density at radius 3 is 2.28 bits per heavy atom. The van der Waals surface area contributed by atoms with Gasteiger partial charge in [0.15, 0.2) is 0 Å². The van der Waals surface area contributed by atoms with Crippen molar-refractivity contribution in [1.29, 1.82) is 0 Å². The Morgan fingerprint density at radius 1 is 0.793 bits per heavy atom. The van der Waals surface area contributed by atoms with Crippen molar-refractivity contribution in [2.45, 2.75) is 51.6 Å². The predicted octanol–water partition coefficient (Wildman–Crippen LogP) is 3.97. The van der Waals surface area contributed by atoms with E-state index in [0.717, 1.165) is 51.1 Å². The van der Waals surface area contributed by atoms with Crippen LogP contribution >= 0.6 is 0 Å². The molecule has 0 heterocycles. The van der Waals surface area contributed by atoms with Gasteiger partial charge in [-0.1, -0.05) is 55.8 Å². The third-order valence-corrected chi connectivity index (χ3v) is 4.96. The Labute approximate surface area is 176 Å². The van der Waals surface area contributed by atoms with Gasteiger partial charge in [0.2, 0.25) is 0 Å². The monoisotopic (exact) mass is 398 g/mol. The molecule has 2 rings (SSSR count). The topological polar surface area (TPSA) is 53.5 Å². The van der Waals surface area contributed by atoms with Crippen molar-refractivity contribution in [3.8, 4) is 5.75 Å². The van der Waals surface area contributed by atoms with Gasteiger partial charge in [0.25, 0.3) is 0 Å². The van der Waals surface area contributed by atoms with E-state index in [1.807, 2.05) is 12.1 Å². The van der Waals surface area contributed by atoms with Gasteiger partial charge < -0.3 is 20.5 Å². The number of aliphatic hydroxyl groups excluding tert-OH is 1. The van der Waals surface area contributed by atoms with Gasteiger partial charge in [0.1, 0.15) is 18.5 Å². The van der Waals surface area contributed by atoms with Crippen LogP contribution < -0.4 is 15.4 Å². The lowest BCUT2D eigenvalue weighted by atomic mass is 10.1. The molecule has 0 radical (unpaired) electrons. The van der Waals surface area contributed by atoms with Crippen molar-refractivity contribution >= 4 is 0 Å². The Bertz CT molecular complexity index is 631. The molecule has 0 aliphatic rings. The van der Waals surface area contributed by atoms with Crippen LogP contribution in [0.2, 0.25) is 0 Å².